The van der Waals surface area contributed by atoms with Gasteiger partial charge in [0, 0.05) is 50.3 Å². The average molecular weight is 478 g/mol. The summed E-state index contributed by atoms with van der Waals surface area (Å²) >= 11 is 0. The molecule has 9 heteroatoms. The summed E-state index contributed by atoms with van der Waals surface area (Å²) in [4.78, 5) is 28.8. The maximum atomic E-state index is 13.8. The molecule has 1 fully saturated rings. The van der Waals surface area contributed by atoms with Gasteiger partial charge in [0.1, 0.15) is 17.3 Å². The van der Waals surface area contributed by atoms with Crippen LogP contribution in [0.1, 0.15) is 10.4 Å². The van der Waals surface area contributed by atoms with Crippen LogP contribution in [0.4, 0.5) is 26.2 Å². The van der Waals surface area contributed by atoms with E-state index in [-0.39, 0.29) is 11.6 Å². The number of carbonyl (C=O) groups is 2. The number of rotatable bonds is 6. The number of hydrogen-bond acceptors (Lipinski definition) is 5. The molecule has 3 aromatic rings. The summed E-state index contributed by atoms with van der Waals surface area (Å²) < 4.78 is 19.5. The van der Waals surface area contributed by atoms with Crippen LogP contribution in [0.2, 0.25) is 0 Å². The number of benzene rings is 3. The van der Waals surface area contributed by atoms with Crippen molar-refractivity contribution in [2.45, 2.75) is 0 Å². The molecule has 3 N–H and O–H groups in total. The predicted octanol–water partition coefficient (Wildman–Crippen LogP) is 4.37. The topological polar surface area (TPSA) is 85.9 Å². The minimum Gasteiger partial charge on any atom is -0.457 e. The Hall–Kier alpha value is -4.11. The molecule has 3 amide bonds. The molecule has 0 radical (unpaired) electrons. The molecule has 1 saturated heterocycles. The first-order chi connectivity index (χ1) is 16.9. The van der Waals surface area contributed by atoms with Crippen molar-refractivity contribution in [2.24, 2.45) is 0 Å². The van der Waals surface area contributed by atoms with E-state index in [1.807, 2.05) is 24.3 Å². The summed E-state index contributed by atoms with van der Waals surface area (Å²) in [7, 11) is 3.56. The summed E-state index contributed by atoms with van der Waals surface area (Å²) in [6.07, 6.45) is 0. The second-order valence-corrected chi connectivity index (χ2v) is 8.26. The normalized spacial score (nSPS) is 13.7. The lowest BCUT2D eigenvalue weighted by molar-refractivity contribution is 0.0958. The molecule has 1 heterocycles. The predicted molar refractivity (Wildman–Crippen MR) is 135 cm³/mol. The van der Waals surface area contributed by atoms with Crippen LogP contribution in [0, 0.1) is 5.82 Å². The van der Waals surface area contributed by atoms with Crippen LogP contribution in [-0.2, 0) is 0 Å². The average Bonchev–Trinajstić information content (AvgIpc) is 2.87. The Kier molecular flexibility index (Phi) is 7.47. The summed E-state index contributed by atoms with van der Waals surface area (Å²) in [6.45, 7) is 4.04. The molecule has 8 nitrogen and oxygen atoms in total. The van der Waals surface area contributed by atoms with Gasteiger partial charge in [-0.1, -0.05) is 0 Å². The molecule has 182 valence electrons. The molecular formula is C26H28FN5O3. The van der Waals surface area contributed by atoms with Gasteiger partial charge in [0.25, 0.3) is 5.91 Å². The number of likely N-dealkylation sites (N-methyl/N-ethyl adjacent to an activating group) is 1. The maximum Gasteiger partial charge on any atom is 0.323 e. The Morgan fingerprint density at radius 1 is 0.829 bits per heavy atom. The Morgan fingerprint density at radius 2 is 1.40 bits per heavy atom. The van der Waals surface area contributed by atoms with Crippen molar-refractivity contribution in [3.05, 3.63) is 78.1 Å². The van der Waals surface area contributed by atoms with Crippen molar-refractivity contribution in [1.29, 1.82) is 0 Å². The van der Waals surface area contributed by atoms with Gasteiger partial charge < -0.3 is 30.5 Å². The molecule has 0 aliphatic carbocycles. The van der Waals surface area contributed by atoms with Crippen LogP contribution in [0.5, 0.6) is 11.5 Å². The molecule has 1 aliphatic rings. The van der Waals surface area contributed by atoms with Crippen LogP contribution in [0.3, 0.4) is 0 Å². The Morgan fingerprint density at radius 3 is 2.00 bits per heavy atom. The lowest BCUT2D eigenvalue weighted by Gasteiger charge is -2.34. The number of anilines is 3. The van der Waals surface area contributed by atoms with Gasteiger partial charge in [0.05, 0.1) is 5.56 Å². The van der Waals surface area contributed by atoms with Crippen LogP contribution in [-0.4, -0.2) is 57.1 Å². The third-order valence-corrected chi connectivity index (χ3v) is 5.75. The first-order valence-corrected chi connectivity index (χ1v) is 11.3. The highest BCUT2D eigenvalue weighted by atomic mass is 19.1. The Balaban J connectivity index is 1.31. The van der Waals surface area contributed by atoms with E-state index in [1.54, 1.807) is 24.3 Å². The fourth-order valence-corrected chi connectivity index (χ4v) is 3.73. The van der Waals surface area contributed by atoms with Crippen molar-refractivity contribution >= 4 is 29.0 Å². The van der Waals surface area contributed by atoms with E-state index in [2.05, 4.69) is 32.8 Å². The van der Waals surface area contributed by atoms with Crippen LogP contribution >= 0.6 is 0 Å². The second-order valence-electron chi connectivity index (χ2n) is 8.26. The SMILES string of the molecule is CNC(=O)c1cc(Oc2ccc(NC(=O)Nc3ccc(N4CCN(C)CC4)cc3)cc2)ccc1F. The third kappa shape index (κ3) is 6.27. The first-order valence-electron chi connectivity index (χ1n) is 11.3. The summed E-state index contributed by atoms with van der Waals surface area (Å²) in [5.41, 5.74) is 2.32. The minimum absolute atomic E-state index is 0.100. The highest BCUT2D eigenvalue weighted by Crippen LogP contribution is 2.25. The lowest BCUT2D eigenvalue weighted by Crippen LogP contribution is -2.44. The van der Waals surface area contributed by atoms with Gasteiger partial charge in [-0.15, -0.1) is 0 Å². The molecular weight excluding hydrogens is 449 g/mol. The fraction of sp³-hybridized carbons (Fsp3) is 0.231. The molecule has 0 bridgehead atoms. The Labute approximate surface area is 203 Å². The van der Waals surface area contributed by atoms with E-state index < -0.39 is 11.7 Å². The van der Waals surface area contributed by atoms with Gasteiger partial charge in [0.15, 0.2) is 0 Å². The van der Waals surface area contributed by atoms with Gasteiger partial charge in [-0.3, -0.25) is 4.79 Å². The van der Waals surface area contributed by atoms with Gasteiger partial charge >= 0.3 is 6.03 Å². The summed E-state index contributed by atoms with van der Waals surface area (Å²) in [6, 6.07) is 18.1. The maximum absolute atomic E-state index is 13.8. The zero-order valence-electron chi connectivity index (χ0n) is 19.7. The van der Waals surface area contributed by atoms with E-state index in [0.717, 1.165) is 31.9 Å². The molecule has 0 spiro atoms. The second kappa shape index (κ2) is 10.9. The molecule has 35 heavy (non-hydrogen) atoms. The van der Waals surface area contributed by atoms with E-state index >= 15 is 0 Å². The van der Waals surface area contributed by atoms with Crippen molar-refractivity contribution in [3.8, 4) is 11.5 Å². The fourth-order valence-electron chi connectivity index (χ4n) is 3.73. The van der Waals surface area contributed by atoms with Crippen LogP contribution in [0.15, 0.2) is 66.7 Å². The summed E-state index contributed by atoms with van der Waals surface area (Å²) in [5.74, 6) is -0.364. The lowest BCUT2D eigenvalue weighted by atomic mass is 10.2. The standard InChI is InChI=1S/C26H28FN5O3/c1-28-25(33)23-17-22(11-12-24(23)27)35-21-9-5-19(6-10-21)30-26(34)29-18-3-7-20(8-4-18)32-15-13-31(2)14-16-32/h3-12,17H,13-16H2,1-2H3,(H,28,33)(H2,29,30,34). The molecule has 4 rings (SSSR count). The zero-order chi connectivity index (χ0) is 24.8. The number of nitrogens with zero attached hydrogens (tertiary/aromatic N) is 2. The monoisotopic (exact) mass is 477 g/mol. The number of amides is 3. The molecule has 0 aromatic heterocycles. The molecule has 0 atom stereocenters. The van der Waals surface area contributed by atoms with Crippen LogP contribution in [0.25, 0.3) is 0 Å². The number of halogens is 1. The minimum atomic E-state index is -0.628. The van der Waals surface area contributed by atoms with Crippen molar-refractivity contribution in [3.63, 3.8) is 0 Å². The zero-order valence-corrected chi connectivity index (χ0v) is 19.7. The van der Waals surface area contributed by atoms with Crippen molar-refractivity contribution < 1.29 is 18.7 Å². The first kappa shape index (κ1) is 24.0. The molecule has 0 unspecified atom stereocenters. The smallest absolute Gasteiger partial charge is 0.323 e. The Bertz CT molecular complexity index is 1180. The number of ether oxygens (including phenoxy) is 1. The van der Waals surface area contributed by atoms with Crippen LogP contribution < -0.4 is 25.6 Å². The van der Waals surface area contributed by atoms with Gasteiger partial charge in [-0.05, 0) is 73.8 Å². The number of hydrogen-bond donors (Lipinski definition) is 3. The molecule has 0 saturated carbocycles. The van der Waals surface area contributed by atoms with Crippen molar-refractivity contribution in [2.75, 3.05) is 55.8 Å². The van der Waals surface area contributed by atoms with Gasteiger partial charge in [0.2, 0.25) is 0 Å². The number of urea groups is 1. The largest absolute Gasteiger partial charge is 0.457 e. The highest BCUT2D eigenvalue weighted by molar-refractivity contribution is 5.99. The van der Waals surface area contributed by atoms with E-state index in [1.165, 1.54) is 25.2 Å². The molecule has 1 aliphatic heterocycles. The highest BCUT2D eigenvalue weighted by Gasteiger charge is 2.14. The van der Waals surface area contributed by atoms with E-state index in [4.69, 9.17) is 4.74 Å². The van der Waals surface area contributed by atoms with Gasteiger partial charge in [-0.25, -0.2) is 9.18 Å². The van der Waals surface area contributed by atoms with E-state index in [0.29, 0.717) is 22.9 Å². The quantitative estimate of drug-likeness (QED) is 0.491. The number of nitrogens with one attached hydrogen (secondary N) is 3. The van der Waals surface area contributed by atoms with Crippen molar-refractivity contribution in [1.82, 2.24) is 10.2 Å². The molecule has 3 aromatic carbocycles. The third-order valence-electron chi connectivity index (χ3n) is 5.75. The van der Waals surface area contributed by atoms with E-state index in [9.17, 15) is 14.0 Å². The number of carbonyl (C=O) groups excluding carboxylic acids is 2. The van der Waals surface area contributed by atoms with Gasteiger partial charge in [-0.2, -0.15) is 0 Å². The summed E-state index contributed by atoms with van der Waals surface area (Å²) in [5, 5.41) is 8.00. The number of piperazine rings is 1.